The van der Waals surface area contributed by atoms with Crippen molar-refractivity contribution < 1.29 is 9.59 Å². The van der Waals surface area contributed by atoms with E-state index < -0.39 is 11.5 Å². The zero-order chi connectivity index (χ0) is 17.6. The van der Waals surface area contributed by atoms with Gasteiger partial charge in [-0.05, 0) is 74.3 Å². The summed E-state index contributed by atoms with van der Waals surface area (Å²) in [5, 5.41) is 3.14. The Labute approximate surface area is 146 Å². The van der Waals surface area contributed by atoms with Crippen LogP contribution in [0, 0.1) is 17.8 Å². The van der Waals surface area contributed by atoms with Crippen LogP contribution in [0.15, 0.2) is 10.9 Å². The smallest absolute Gasteiger partial charge is 0.261 e. The molecule has 0 bridgehead atoms. The molecule has 0 radical (unpaired) electrons. The number of aromatic nitrogens is 1. The van der Waals surface area contributed by atoms with Gasteiger partial charge in [-0.1, -0.05) is 0 Å². The predicted octanol–water partition coefficient (Wildman–Crippen LogP) is 1.79. The number of nitrogens with two attached hydrogens (primary N) is 1. The Balaban J connectivity index is 1.50. The molecule has 1 atom stereocenters. The van der Waals surface area contributed by atoms with Crippen molar-refractivity contribution in [1.82, 2.24) is 10.3 Å². The van der Waals surface area contributed by atoms with E-state index in [2.05, 4.69) is 10.3 Å². The van der Waals surface area contributed by atoms with Gasteiger partial charge >= 0.3 is 0 Å². The molecule has 4 rings (SSSR count). The lowest BCUT2D eigenvalue weighted by molar-refractivity contribution is -0.123. The first-order valence-electron chi connectivity index (χ1n) is 9.38. The maximum atomic E-state index is 12.6. The number of aryl methyl sites for hydroxylation is 1. The maximum absolute atomic E-state index is 12.6. The van der Waals surface area contributed by atoms with Gasteiger partial charge in [0.1, 0.15) is 5.56 Å². The molecule has 1 aromatic rings. The van der Waals surface area contributed by atoms with Crippen molar-refractivity contribution in [3.63, 3.8) is 0 Å². The van der Waals surface area contributed by atoms with Crippen LogP contribution in [0.4, 0.5) is 0 Å². The average molecular weight is 343 g/mol. The van der Waals surface area contributed by atoms with Gasteiger partial charge in [-0.25, -0.2) is 0 Å². The fraction of sp³-hybridized carbons (Fsp3) is 0.632. The van der Waals surface area contributed by atoms with Crippen molar-refractivity contribution >= 4 is 11.8 Å². The van der Waals surface area contributed by atoms with E-state index >= 15 is 0 Å². The lowest BCUT2D eigenvalue weighted by Gasteiger charge is -2.27. The summed E-state index contributed by atoms with van der Waals surface area (Å²) in [6.45, 7) is 0. The lowest BCUT2D eigenvalue weighted by atomic mass is 9.89. The number of aromatic amines is 1. The van der Waals surface area contributed by atoms with Crippen LogP contribution in [-0.4, -0.2) is 16.8 Å². The van der Waals surface area contributed by atoms with Gasteiger partial charge in [0.05, 0.1) is 6.04 Å². The summed E-state index contributed by atoms with van der Waals surface area (Å²) in [5.74, 6) is 1.39. The number of H-pyrrole nitrogens is 1. The van der Waals surface area contributed by atoms with Gasteiger partial charge in [-0.15, -0.1) is 0 Å². The average Bonchev–Trinajstić information content (AvgIpc) is 3.46. The fourth-order valence-electron chi connectivity index (χ4n) is 4.31. The molecule has 0 spiro atoms. The van der Waals surface area contributed by atoms with E-state index in [1.807, 2.05) is 0 Å². The number of primary amides is 1. The molecule has 2 fully saturated rings. The molecule has 0 saturated heterocycles. The van der Waals surface area contributed by atoms with E-state index in [1.165, 1.54) is 25.7 Å². The monoisotopic (exact) mass is 343 g/mol. The second-order valence-corrected chi connectivity index (χ2v) is 7.87. The first kappa shape index (κ1) is 16.4. The maximum Gasteiger partial charge on any atom is 0.261 e. The predicted molar refractivity (Wildman–Crippen MR) is 93.0 cm³/mol. The second-order valence-electron chi connectivity index (χ2n) is 7.87. The van der Waals surface area contributed by atoms with E-state index in [0.29, 0.717) is 12.3 Å². The van der Waals surface area contributed by atoms with E-state index in [1.54, 1.807) is 6.07 Å². The van der Waals surface area contributed by atoms with Crippen molar-refractivity contribution in [2.75, 3.05) is 0 Å². The summed E-state index contributed by atoms with van der Waals surface area (Å²) >= 11 is 0. The molecule has 0 unspecified atom stereocenters. The van der Waals surface area contributed by atoms with Gasteiger partial charge in [-0.2, -0.15) is 0 Å². The molecular weight excluding hydrogens is 318 g/mol. The third-order valence-electron chi connectivity index (χ3n) is 5.93. The largest absolute Gasteiger partial charge is 0.365 e. The van der Waals surface area contributed by atoms with E-state index in [0.717, 1.165) is 42.4 Å². The van der Waals surface area contributed by atoms with E-state index in [9.17, 15) is 14.4 Å². The Morgan fingerprint density at radius 1 is 1.20 bits per heavy atom. The molecule has 2 amide bonds. The van der Waals surface area contributed by atoms with Crippen LogP contribution < -0.4 is 16.6 Å². The SMILES string of the molecule is NC(=O)c1cc2c([nH]c1=O)CCC[C@H]2NC(=O)CC(C1CC1)C1CC1. The number of fused-ring (bicyclic) bond motifs is 1. The molecule has 25 heavy (non-hydrogen) atoms. The summed E-state index contributed by atoms with van der Waals surface area (Å²) in [4.78, 5) is 38.8. The number of carbonyl (C=O) groups excluding carboxylic acids is 2. The van der Waals surface area contributed by atoms with Crippen molar-refractivity contribution in [3.05, 3.63) is 33.2 Å². The highest BCUT2D eigenvalue weighted by Gasteiger charge is 2.42. The lowest BCUT2D eigenvalue weighted by Crippen LogP contribution is -2.35. The van der Waals surface area contributed by atoms with E-state index in [4.69, 9.17) is 5.73 Å². The molecule has 0 aromatic carbocycles. The molecule has 0 aliphatic heterocycles. The molecule has 6 heteroatoms. The first-order chi connectivity index (χ1) is 12.0. The third kappa shape index (κ3) is 3.48. The quantitative estimate of drug-likeness (QED) is 0.733. The van der Waals surface area contributed by atoms with Gasteiger partial charge in [-0.3, -0.25) is 14.4 Å². The van der Waals surface area contributed by atoms with Crippen LogP contribution in [0.25, 0.3) is 0 Å². The van der Waals surface area contributed by atoms with Crippen LogP contribution in [-0.2, 0) is 11.2 Å². The summed E-state index contributed by atoms with van der Waals surface area (Å²) in [6, 6.07) is 1.42. The zero-order valence-corrected chi connectivity index (χ0v) is 14.3. The minimum absolute atomic E-state index is 0.0336. The Morgan fingerprint density at radius 3 is 2.48 bits per heavy atom. The number of carbonyl (C=O) groups is 2. The molecule has 134 valence electrons. The molecule has 2 saturated carbocycles. The fourth-order valence-corrected chi connectivity index (χ4v) is 4.31. The standard InChI is InChI=1S/C19H25N3O3/c20-18(24)14-8-13-15(2-1-3-16(13)22-19(14)25)21-17(23)9-12(10-4-5-10)11-6-7-11/h8,10-12,15H,1-7,9H2,(H2,20,24)(H,21,23)(H,22,25)/t15-/m1/s1. The van der Waals surface area contributed by atoms with Gasteiger partial charge in [0.2, 0.25) is 5.91 Å². The van der Waals surface area contributed by atoms with E-state index in [-0.39, 0.29) is 17.5 Å². The molecule has 3 aliphatic carbocycles. The number of pyridine rings is 1. The molecule has 6 nitrogen and oxygen atoms in total. The number of hydrogen-bond acceptors (Lipinski definition) is 3. The van der Waals surface area contributed by atoms with Crippen molar-refractivity contribution in [2.24, 2.45) is 23.5 Å². The minimum atomic E-state index is -0.734. The summed E-state index contributed by atoms with van der Waals surface area (Å²) in [5.41, 5.74) is 6.47. The summed E-state index contributed by atoms with van der Waals surface area (Å²) in [6.07, 6.45) is 8.15. The van der Waals surface area contributed by atoms with Gasteiger partial charge in [0, 0.05) is 12.1 Å². The Morgan fingerprint density at radius 2 is 1.88 bits per heavy atom. The molecule has 4 N–H and O–H groups in total. The van der Waals surface area contributed by atoms with Crippen molar-refractivity contribution in [2.45, 2.75) is 57.4 Å². The topological polar surface area (TPSA) is 105 Å². The highest BCUT2D eigenvalue weighted by molar-refractivity contribution is 5.92. The van der Waals surface area contributed by atoms with Crippen LogP contribution >= 0.6 is 0 Å². The summed E-state index contributed by atoms with van der Waals surface area (Å²) < 4.78 is 0. The Kier molecular flexibility index (Phi) is 4.13. The van der Waals surface area contributed by atoms with Gasteiger partial charge in [0.25, 0.3) is 11.5 Å². The van der Waals surface area contributed by atoms with Crippen LogP contribution in [0.2, 0.25) is 0 Å². The minimum Gasteiger partial charge on any atom is -0.365 e. The second kappa shape index (κ2) is 6.32. The Hall–Kier alpha value is -2.11. The van der Waals surface area contributed by atoms with Gasteiger partial charge in [0.15, 0.2) is 0 Å². The molecule has 1 heterocycles. The number of amides is 2. The highest BCUT2D eigenvalue weighted by Crippen LogP contribution is 2.50. The molecular formula is C19H25N3O3. The molecule has 3 aliphatic rings. The van der Waals surface area contributed by atoms with Crippen molar-refractivity contribution in [1.29, 1.82) is 0 Å². The zero-order valence-electron chi connectivity index (χ0n) is 14.3. The normalized spacial score (nSPS) is 22.5. The number of nitrogens with one attached hydrogen (secondary N) is 2. The highest BCUT2D eigenvalue weighted by atomic mass is 16.2. The van der Waals surface area contributed by atoms with Crippen molar-refractivity contribution in [3.8, 4) is 0 Å². The summed E-state index contributed by atoms with van der Waals surface area (Å²) in [7, 11) is 0. The van der Waals surface area contributed by atoms with Crippen LogP contribution in [0.1, 0.15) is 72.6 Å². The van der Waals surface area contributed by atoms with Gasteiger partial charge < -0.3 is 16.0 Å². The number of hydrogen-bond donors (Lipinski definition) is 3. The number of rotatable bonds is 6. The molecule has 1 aromatic heterocycles. The Bertz CT molecular complexity index is 750. The van der Waals surface area contributed by atoms with Crippen LogP contribution in [0.5, 0.6) is 0 Å². The van der Waals surface area contributed by atoms with Crippen LogP contribution in [0.3, 0.4) is 0 Å². The first-order valence-corrected chi connectivity index (χ1v) is 9.38. The third-order valence-corrected chi connectivity index (χ3v) is 5.93.